The molecule has 4 aromatic rings. The van der Waals surface area contributed by atoms with Crippen LogP contribution in [0.4, 0.5) is 0 Å². The Morgan fingerprint density at radius 1 is 0.762 bits per heavy atom. The van der Waals surface area contributed by atoms with E-state index in [1.807, 2.05) is 0 Å². The summed E-state index contributed by atoms with van der Waals surface area (Å²) in [4.78, 5) is 0. The maximum atomic E-state index is 3.81. The minimum absolute atomic E-state index is 0.466. The molecule has 0 aliphatic rings. The Bertz CT molecular complexity index is 950. The fraction of sp³-hybridized carbons (Fsp3) is 0.158. The van der Waals surface area contributed by atoms with Gasteiger partial charge in [-0.2, -0.15) is 0 Å². The normalized spacial score (nSPS) is 12.8. The Morgan fingerprint density at radius 3 is 2.29 bits per heavy atom. The van der Waals surface area contributed by atoms with Crippen molar-refractivity contribution in [2.45, 2.75) is 19.9 Å². The Balaban J connectivity index is 2.25. The number of hydrogen-bond acceptors (Lipinski definition) is 1. The smallest absolute Gasteiger partial charge is 0.0243 e. The average Bonchev–Trinajstić information content (AvgIpc) is 2.82. The second kappa shape index (κ2) is 4.87. The highest BCUT2D eigenvalue weighted by Gasteiger charge is 2.14. The molecule has 4 rings (SSSR count). The number of nitrogens with one attached hydrogen (secondary N) is 1. The third-order valence-corrected chi connectivity index (χ3v) is 6.52. The van der Waals surface area contributed by atoms with Gasteiger partial charge < -0.3 is 0 Å². The summed E-state index contributed by atoms with van der Waals surface area (Å²) in [5.74, 6) is 0. The molecule has 1 aromatic heterocycles. The van der Waals surface area contributed by atoms with Crippen LogP contribution in [-0.2, 0) is 0 Å². The summed E-state index contributed by atoms with van der Waals surface area (Å²) in [6, 6.07) is 22.6. The maximum absolute atomic E-state index is 3.81. The minimum atomic E-state index is -0.466. The molecule has 1 heterocycles. The summed E-state index contributed by atoms with van der Waals surface area (Å²) in [5, 5.41) is 12.3. The van der Waals surface area contributed by atoms with Crippen LogP contribution in [0, 0.1) is 0 Å². The first-order chi connectivity index (χ1) is 10.3. The standard InChI is InChI=1S/C19H18NP/c1-13(2)20-21-18-10-6-5-9-16(18)17-12-11-14-7-3-4-8-15(14)19(17)21/h3-13,20H,1-2H3. The van der Waals surface area contributed by atoms with Crippen molar-refractivity contribution in [2.24, 2.45) is 0 Å². The first-order valence-corrected chi connectivity index (χ1v) is 8.77. The van der Waals surface area contributed by atoms with Crippen LogP contribution in [0.2, 0.25) is 0 Å². The van der Waals surface area contributed by atoms with E-state index in [-0.39, 0.29) is 0 Å². The van der Waals surface area contributed by atoms with Gasteiger partial charge in [0.1, 0.15) is 0 Å². The summed E-state index contributed by atoms with van der Waals surface area (Å²) in [7, 11) is -0.466. The summed E-state index contributed by atoms with van der Waals surface area (Å²) < 4.78 is 0. The van der Waals surface area contributed by atoms with E-state index >= 15 is 0 Å². The Labute approximate surface area is 125 Å². The molecule has 104 valence electrons. The van der Waals surface area contributed by atoms with Crippen LogP contribution in [0.25, 0.3) is 31.8 Å². The topological polar surface area (TPSA) is 12.0 Å². The van der Waals surface area contributed by atoms with Gasteiger partial charge in [-0.1, -0.05) is 54.6 Å². The van der Waals surface area contributed by atoms with Crippen molar-refractivity contribution < 1.29 is 0 Å². The SMILES string of the molecule is CC(C)Np1c2ccccc2c2ccc3ccccc3c21. The summed E-state index contributed by atoms with van der Waals surface area (Å²) in [5.41, 5.74) is 0. The van der Waals surface area contributed by atoms with Crippen molar-refractivity contribution in [3.05, 3.63) is 60.7 Å². The molecule has 0 amide bonds. The molecule has 0 saturated carbocycles. The van der Waals surface area contributed by atoms with Crippen LogP contribution in [0.1, 0.15) is 13.8 Å². The van der Waals surface area contributed by atoms with Gasteiger partial charge in [-0.15, -0.1) is 0 Å². The van der Waals surface area contributed by atoms with Crippen molar-refractivity contribution in [3.8, 4) is 0 Å². The van der Waals surface area contributed by atoms with Gasteiger partial charge in [-0.25, -0.2) is 0 Å². The zero-order valence-electron chi connectivity index (χ0n) is 12.3. The molecular formula is C19H18NP. The van der Waals surface area contributed by atoms with Crippen LogP contribution in [0.3, 0.4) is 0 Å². The van der Waals surface area contributed by atoms with E-state index in [9.17, 15) is 0 Å². The van der Waals surface area contributed by atoms with E-state index in [0.717, 1.165) is 0 Å². The van der Waals surface area contributed by atoms with Gasteiger partial charge in [0.2, 0.25) is 0 Å². The van der Waals surface area contributed by atoms with Crippen molar-refractivity contribution >= 4 is 39.5 Å². The molecule has 0 saturated heterocycles. The van der Waals surface area contributed by atoms with Crippen LogP contribution < -0.4 is 5.09 Å². The molecule has 1 nitrogen and oxygen atoms in total. The van der Waals surface area contributed by atoms with Crippen LogP contribution in [0.15, 0.2) is 60.7 Å². The first kappa shape index (κ1) is 12.9. The van der Waals surface area contributed by atoms with Gasteiger partial charge in [0, 0.05) is 16.3 Å². The first-order valence-electron chi connectivity index (χ1n) is 7.43. The molecule has 1 N–H and O–H groups in total. The molecule has 1 unspecified atom stereocenters. The molecule has 0 spiro atoms. The quantitative estimate of drug-likeness (QED) is 0.471. The minimum Gasteiger partial charge on any atom is -0.271 e. The zero-order chi connectivity index (χ0) is 14.4. The molecule has 0 fully saturated rings. The highest BCUT2D eigenvalue weighted by Crippen LogP contribution is 2.50. The fourth-order valence-corrected chi connectivity index (χ4v) is 5.70. The lowest BCUT2D eigenvalue weighted by atomic mass is 10.1. The monoisotopic (exact) mass is 291 g/mol. The largest absolute Gasteiger partial charge is 0.271 e. The second-order valence-electron chi connectivity index (χ2n) is 5.82. The van der Waals surface area contributed by atoms with E-state index in [2.05, 4.69) is 79.6 Å². The number of benzene rings is 3. The molecule has 0 bridgehead atoms. The Kier molecular flexibility index (Phi) is 2.99. The van der Waals surface area contributed by atoms with Crippen LogP contribution in [0.5, 0.6) is 0 Å². The molecule has 3 aromatic carbocycles. The lowest BCUT2D eigenvalue weighted by Crippen LogP contribution is -2.05. The highest BCUT2D eigenvalue weighted by atomic mass is 31.1. The average molecular weight is 291 g/mol. The number of fused-ring (bicyclic) bond motifs is 5. The van der Waals surface area contributed by atoms with E-state index in [4.69, 9.17) is 0 Å². The van der Waals surface area contributed by atoms with E-state index in [1.165, 1.54) is 31.8 Å². The number of rotatable bonds is 2. The van der Waals surface area contributed by atoms with Gasteiger partial charge in [-0.3, -0.25) is 5.09 Å². The molecule has 21 heavy (non-hydrogen) atoms. The van der Waals surface area contributed by atoms with Gasteiger partial charge in [0.25, 0.3) is 0 Å². The molecular weight excluding hydrogens is 273 g/mol. The van der Waals surface area contributed by atoms with Crippen molar-refractivity contribution in [1.29, 1.82) is 0 Å². The van der Waals surface area contributed by atoms with Gasteiger partial charge in [-0.05, 0) is 49.1 Å². The van der Waals surface area contributed by atoms with Gasteiger partial charge in [0.05, 0.1) is 0 Å². The lowest BCUT2D eigenvalue weighted by molar-refractivity contribution is 0.931. The van der Waals surface area contributed by atoms with Crippen LogP contribution >= 0.6 is 7.68 Å². The van der Waals surface area contributed by atoms with E-state index in [0.29, 0.717) is 6.04 Å². The van der Waals surface area contributed by atoms with Gasteiger partial charge >= 0.3 is 0 Å². The van der Waals surface area contributed by atoms with Crippen molar-refractivity contribution in [2.75, 3.05) is 5.09 Å². The summed E-state index contributed by atoms with van der Waals surface area (Å²) in [6.45, 7) is 4.46. The Morgan fingerprint density at radius 2 is 1.48 bits per heavy atom. The van der Waals surface area contributed by atoms with E-state index < -0.39 is 7.68 Å². The molecule has 0 aliphatic carbocycles. The third kappa shape index (κ3) is 1.97. The molecule has 0 aliphatic heterocycles. The highest BCUT2D eigenvalue weighted by molar-refractivity contribution is 7.63. The predicted octanol–water partition coefficient (Wildman–Crippen LogP) is 6.08. The maximum Gasteiger partial charge on any atom is 0.0243 e. The molecule has 2 heteroatoms. The third-order valence-electron chi connectivity index (χ3n) is 3.95. The van der Waals surface area contributed by atoms with E-state index in [1.54, 1.807) is 0 Å². The van der Waals surface area contributed by atoms with Crippen molar-refractivity contribution in [1.82, 2.24) is 0 Å². The van der Waals surface area contributed by atoms with Crippen LogP contribution in [-0.4, -0.2) is 6.04 Å². The fourth-order valence-electron chi connectivity index (χ4n) is 3.12. The second-order valence-corrected chi connectivity index (χ2v) is 7.68. The predicted molar refractivity (Wildman–Crippen MR) is 96.2 cm³/mol. The summed E-state index contributed by atoms with van der Waals surface area (Å²) >= 11 is 0. The molecule has 0 radical (unpaired) electrons. The lowest BCUT2D eigenvalue weighted by Gasteiger charge is -2.10. The van der Waals surface area contributed by atoms with Crippen molar-refractivity contribution in [3.63, 3.8) is 0 Å². The summed E-state index contributed by atoms with van der Waals surface area (Å²) in [6.07, 6.45) is 0. The zero-order valence-corrected chi connectivity index (χ0v) is 13.2. The number of hydrogen-bond donors (Lipinski definition) is 1. The van der Waals surface area contributed by atoms with Gasteiger partial charge in [0.15, 0.2) is 0 Å². The molecule has 1 atom stereocenters. The Hall–Kier alpha value is -1.82.